The molecule has 24 heavy (non-hydrogen) atoms. The average Bonchev–Trinajstić information content (AvgIpc) is 2.88. The fourth-order valence-corrected chi connectivity index (χ4v) is 2.85. The standard InChI is InChI=1S/C14H11ClF4N4O/c15-7-3-6(1-2-8(7)16)12-11(13(20)24)9-4-21-5-10(14(17,18)19)23(9)22-12/h1-3,10,21H,4-5H2,(H2,20,24). The average molecular weight is 363 g/mol. The van der Waals surface area contributed by atoms with Gasteiger partial charge in [0.25, 0.3) is 5.91 Å². The number of rotatable bonds is 2. The van der Waals surface area contributed by atoms with Crippen molar-refractivity contribution in [2.24, 2.45) is 5.73 Å². The normalized spacial score (nSPS) is 17.6. The number of benzene rings is 1. The summed E-state index contributed by atoms with van der Waals surface area (Å²) in [6.07, 6.45) is -4.55. The van der Waals surface area contributed by atoms with Crippen LogP contribution >= 0.6 is 11.6 Å². The minimum atomic E-state index is -4.55. The van der Waals surface area contributed by atoms with Crippen LogP contribution in [0.4, 0.5) is 17.6 Å². The quantitative estimate of drug-likeness (QED) is 0.807. The van der Waals surface area contributed by atoms with E-state index in [1.165, 1.54) is 12.1 Å². The first-order valence-corrected chi connectivity index (χ1v) is 7.22. The molecule has 1 amide bonds. The van der Waals surface area contributed by atoms with E-state index >= 15 is 0 Å². The molecule has 0 radical (unpaired) electrons. The van der Waals surface area contributed by atoms with Gasteiger partial charge in [0.1, 0.15) is 11.5 Å². The van der Waals surface area contributed by atoms with Crippen LogP contribution in [0, 0.1) is 5.82 Å². The molecule has 1 aromatic carbocycles. The summed E-state index contributed by atoms with van der Waals surface area (Å²) in [6, 6.07) is 1.58. The second kappa shape index (κ2) is 5.75. The van der Waals surface area contributed by atoms with Gasteiger partial charge in [-0.1, -0.05) is 11.6 Å². The Labute approximate surface area is 138 Å². The zero-order valence-electron chi connectivity index (χ0n) is 12.0. The first kappa shape index (κ1) is 16.7. The van der Waals surface area contributed by atoms with Crippen molar-refractivity contribution in [3.63, 3.8) is 0 Å². The SMILES string of the molecule is NC(=O)c1c(-c2ccc(F)c(Cl)c2)nn2c1CNCC2C(F)(F)F. The van der Waals surface area contributed by atoms with Gasteiger partial charge < -0.3 is 11.1 Å². The van der Waals surface area contributed by atoms with Crippen LogP contribution in [0.5, 0.6) is 0 Å². The maximum absolute atomic E-state index is 13.3. The molecule has 2 aromatic rings. The Balaban J connectivity index is 2.22. The molecule has 0 spiro atoms. The predicted octanol–water partition coefficient (Wildman–Crippen LogP) is 2.65. The number of aromatic nitrogens is 2. The fraction of sp³-hybridized carbons (Fsp3) is 0.286. The minimum absolute atomic E-state index is 0.00673. The predicted molar refractivity (Wildman–Crippen MR) is 77.9 cm³/mol. The van der Waals surface area contributed by atoms with Crippen LogP contribution in [0.1, 0.15) is 22.1 Å². The summed E-state index contributed by atoms with van der Waals surface area (Å²) in [7, 11) is 0. The van der Waals surface area contributed by atoms with Gasteiger partial charge in [-0.05, 0) is 18.2 Å². The summed E-state index contributed by atoms with van der Waals surface area (Å²) < 4.78 is 53.6. The van der Waals surface area contributed by atoms with Gasteiger partial charge in [-0.3, -0.25) is 9.48 Å². The van der Waals surface area contributed by atoms with E-state index in [4.69, 9.17) is 17.3 Å². The summed E-state index contributed by atoms with van der Waals surface area (Å²) in [6.45, 7) is -0.368. The molecule has 0 fully saturated rings. The van der Waals surface area contributed by atoms with E-state index in [9.17, 15) is 22.4 Å². The van der Waals surface area contributed by atoms with E-state index < -0.39 is 23.9 Å². The van der Waals surface area contributed by atoms with Crippen molar-refractivity contribution in [1.82, 2.24) is 15.1 Å². The van der Waals surface area contributed by atoms with Gasteiger partial charge in [-0.2, -0.15) is 18.3 Å². The van der Waals surface area contributed by atoms with Crippen molar-refractivity contribution in [3.05, 3.63) is 40.3 Å². The first-order chi connectivity index (χ1) is 11.2. The van der Waals surface area contributed by atoms with Crippen LogP contribution in [-0.2, 0) is 6.54 Å². The Morgan fingerprint density at radius 1 is 1.42 bits per heavy atom. The maximum atomic E-state index is 13.3. The lowest BCUT2D eigenvalue weighted by atomic mass is 10.0. The second-order valence-electron chi connectivity index (χ2n) is 5.30. The molecule has 1 aliphatic heterocycles. The van der Waals surface area contributed by atoms with Crippen molar-refractivity contribution in [2.75, 3.05) is 6.54 Å². The summed E-state index contributed by atoms with van der Waals surface area (Å²) in [5.74, 6) is -1.61. The van der Waals surface area contributed by atoms with E-state index in [0.29, 0.717) is 0 Å². The van der Waals surface area contributed by atoms with Gasteiger partial charge in [0, 0.05) is 18.7 Å². The molecule has 0 saturated heterocycles. The summed E-state index contributed by atoms with van der Waals surface area (Å²) in [5.41, 5.74) is 5.38. The number of primary amides is 1. The summed E-state index contributed by atoms with van der Waals surface area (Å²) in [4.78, 5) is 11.8. The topological polar surface area (TPSA) is 72.9 Å². The van der Waals surface area contributed by atoms with Crippen LogP contribution in [0.2, 0.25) is 5.02 Å². The molecule has 0 bridgehead atoms. The highest BCUT2D eigenvalue weighted by Gasteiger charge is 2.45. The molecule has 5 nitrogen and oxygen atoms in total. The molecular weight excluding hydrogens is 352 g/mol. The van der Waals surface area contributed by atoms with E-state index in [2.05, 4.69) is 10.4 Å². The van der Waals surface area contributed by atoms with E-state index in [1.807, 2.05) is 0 Å². The van der Waals surface area contributed by atoms with Gasteiger partial charge in [0.2, 0.25) is 0 Å². The van der Waals surface area contributed by atoms with Gasteiger partial charge >= 0.3 is 6.18 Å². The van der Waals surface area contributed by atoms with E-state index in [-0.39, 0.29) is 40.6 Å². The van der Waals surface area contributed by atoms with Crippen molar-refractivity contribution < 1.29 is 22.4 Å². The number of halogens is 5. The number of fused-ring (bicyclic) bond motifs is 1. The number of nitrogens with two attached hydrogens (primary N) is 1. The number of nitrogens with zero attached hydrogens (tertiary/aromatic N) is 2. The number of alkyl halides is 3. The van der Waals surface area contributed by atoms with E-state index in [0.717, 1.165) is 10.7 Å². The highest BCUT2D eigenvalue weighted by molar-refractivity contribution is 6.31. The third kappa shape index (κ3) is 2.73. The van der Waals surface area contributed by atoms with Gasteiger partial charge in [-0.25, -0.2) is 4.39 Å². The molecule has 1 atom stereocenters. The number of hydrogen-bond donors (Lipinski definition) is 2. The van der Waals surface area contributed by atoms with Crippen molar-refractivity contribution in [1.29, 1.82) is 0 Å². The maximum Gasteiger partial charge on any atom is 0.412 e. The Kier molecular flexibility index (Phi) is 4.00. The molecule has 10 heteroatoms. The molecule has 0 saturated carbocycles. The van der Waals surface area contributed by atoms with Crippen LogP contribution in [0.3, 0.4) is 0 Å². The summed E-state index contributed by atoms with van der Waals surface area (Å²) in [5, 5.41) is 6.30. The molecule has 0 aliphatic carbocycles. The smallest absolute Gasteiger partial charge is 0.365 e. The molecule has 128 valence electrons. The van der Waals surface area contributed by atoms with E-state index in [1.54, 1.807) is 0 Å². The number of amides is 1. The molecule has 3 rings (SSSR count). The molecule has 1 aliphatic rings. The number of carbonyl (C=O) groups excluding carboxylic acids is 1. The highest BCUT2D eigenvalue weighted by Crippen LogP contribution is 2.37. The van der Waals surface area contributed by atoms with Crippen LogP contribution < -0.4 is 11.1 Å². The largest absolute Gasteiger partial charge is 0.412 e. The lowest BCUT2D eigenvalue weighted by molar-refractivity contribution is -0.171. The Morgan fingerprint density at radius 3 is 2.71 bits per heavy atom. The minimum Gasteiger partial charge on any atom is -0.365 e. The number of nitrogens with one attached hydrogen (secondary N) is 1. The lowest BCUT2D eigenvalue weighted by Gasteiger charge is -2.27. The Bertz CT molecular complexity index is 818. The molecule has 2 heterocycles. The van der Waals surface area contributed by atoms with Crippen molar-refractivity contribution in [2.45, 2.75) is 18.8 Å². The molecule has 1 aromatic heterocycles. The van der Waals surface area contributed by atoms with Crippen molar-refractivity contribution in [3.8, 4) is 11.3 Å². The third-order valence-corrected chi connectivity index (χ3v) is 4.04. The first-order valence-electron chi connectivity index (χ1n) is 6.84. The zero-order valence-corrected chi connectivity index (χ0v) is 12.7. The van der Waals surface area contributed by atoms with Gasteiger partial charge in [-0.15, -0.1) is 0 Å². The monoisotopic (exact) mass is 362 g/mol. The molecular formula is C14H11ClF4N4O. The zero-order chi connectivity index (χ0) is 17.6. The van der Waals surface area contributed by atoms with Gasteiger partial charge in [0.15, 0.2) is 6.04 Å². The Morgan fingerprint density at radius 2 is 2.12 bits per heavy atom. The number of carbonyl (C=O) groups is 1. The highest BCUT2D eigenvalue weighted by atomic mass is 35.5. The molecule has 3 N–H and O–H groups in total. The lowest BCUT2D eigenvalue weighted by Crippen LogP contribution is -2.42. The van der Waals surface area contributed by atoms with Crippen molar-refractivity contribution >= 4 is 17.5 Å². The van der Waals surface area contributed by atoms with Crippen LogP contribution in [0.25, 0.3) is 11.3 Å². The molecule has 1 unspecified atom stereocenters. The second-order valence-corrected chi connectivity index (χ2v) is 5.70. The Hall–Kier alpha value is -2.13. The fourth-order valence-electron chi connectivity index (χ4n) is 2.67. The third-order valence-electron chi connectivity index (χ3n) is 3.75. The number of hydrogen-bond acceptors (Lipinski definition) is 3. The van der Waals surface area contributed by atoms with Gasteiger partial charge in [0.05, 0.1) is 16.3 Å². The summed E-state index contributed by atoms with van der Waals surface area (Å²) >= 11 is 5.71. The van der Waals surface area contributed by atoms with Crippen LogP contribution in [0.15, 0.2) is 18.2 Å². The van der Waals surface area contributed by atoms with Crippen LogP contribution in [-0.4, -0.2) is 28.4 Å².